The number of aliphatic imine (C=N–C) groups is 1. The van der Waals surface area contributed by atoms with Crippen LogP contribution in [0.5, 0.6) is 11.6 Å². The number of aromatic nitrogens is 1. The van der Waals surface area contributed by atoms with Gasteiger partial charge in [0.2, 0.25) is 5.88 Å². The van der Waals surface area contributed by atoms with Crippen molar-refractivity contribution in [3.63, 3.8) is 0 Å². The molecule has 158 valence electrons. The Labute approximate surface area is 188 Å². The molecule has 1 aromatic carbocycles. The second-order valence-corrected chi connectivity index (χ2v) is 6.79. The van der Waals surface area contributed by atoms with Crippen LogP contribution in [0.25, 0.3) is 0 Å². The van der Waals surface area contributed by atoms with E-state index in [1.165, 1.54) is 25.0 Å². The van der Waals surface area contributed by atoms with E-state index in [-0.39, 0.29) is 29.8 Å². The average Bonchev–Trinajstić information content (AvgIpc) is 3.52. The van der Waals surface area contributed by atoms with Crippen molar-refractivity contribution in [3.05, 3.63) is 54.0 Å². The van der Waals surface area contributed by atoms with E-state index in [1.54, 1.807) is 31.4 Å². The lowest BCUT2D eigenvalue weighted by Gasteiger charge is -2.12. The molecule has 0 saturated heterocycles. The summed E-state index contributed by atoms with van der Waals surface area (Å²) in [6.07, 6.45) is 5.31. The van der Waals surface area contributed by atoms with Gasteiger partial charge in [-0.3, -0.25) is 4.99 Å². The molecule has 29 heavy (non-hydrogen) atoms. The standard InChI is InChI=1S/C21H27FN4O2.HI/c1-23-21(24-10-3-11-27-15-16-6-7-16)26-14-17-8-9-20(25-13-17)28-19-5-2-4-18(22)12-19;/h2,4-5,8-9,12-13,16H,3,6-7,10-11,14-15H2,1H3,(H2,23,24,26);1H. The Morgan fingerprint density at radius 3 is 2.79 bits per heavy atom. The second kappa shape index (κ2) is 12.6. The molecular formula is C21H28FIN4O2. The molecule has 0 bridgehead atoms. The van der Waals surface area contributed by atoms with Gasteiger partial charge in [-0.2, -0.15) is 0 Å². The third-order valence-electron chi connectivity index (χ3n) is 4.31. The average molecular weight is 514 g/mol. The fourth-order valence-electron chi connectivity index (χ4n) is 2.55. The minimum atomic E-state index is -0.341. The summed E-state index contributed by atoms with van der Waals surface area (Å²) in [5, 5.41) is 6.52. The minimum absolute atomic E-state index is 0. The molecule has 1 heterocycles. The molecule has 0 amide bonds. The van der Waals surface area contributed by atoms with Crippen molar-refractivity contribution in [2.75, 3.05) is 26.8 Å². The van der Waals surface area contributed by atoms with Gasteiger partial charge in [0.05, 0.1) is 0 Å². The van der Waals surface area contributed by atoms with Crippen molar-refractivity contribution < 1.29 is 13.9 Å². The number of guanidine groups is 1. The van der Waals surface area contributed by atoms with Crippen molar-refractivity contribution in [3.8, 4) is 11.6 Å². The maximum Gasteiger partial charge on any atom is 0.219 e. The number of nitrogens with one attached hydrogen (secondary N) is 2. The second-order valence-electron chi connectivity index (χ2n) is 6.79. The quantitative estimate of drug-likeness (QED) is 0.216. The number of nitrogens with zero attached hydrogens (tertiary/aromatic N) is 2. The van der Waals surface area contributed by atoms with Crippen LogP contribution in [0.1, 0.15) is 24.8 Å². The molecule has 0 radical (unpaired) electrons. The van der Waals surface area contributed by atoms with E-state index in [4.69, 9.17) is 9.47 Å². The molecule has 2 aromatic rings. The van der Waals surface area contributed by atoms with Gasteiger partial charge in [-0.25, -0.2) is 9.37 Å². The fourth-order valence-corrected chi connectivity index (χ4v) is 2.55. The van der Waals surface area contributed by atoms with E-state index in [9.17, 15) is 4.39 Å². The minimum Gasteiger partial charge on any atom is -0.439 e. The van der Waals surface area contributed by atoms with Gasteiger partial charge < -0.3 is 20.1 Å². The van der Waals surface area contributed by atoms with Crippen LogP contribution >= 0.6 is 24.0 Å². The molecule has 1 aromatic heterocycles. The Morgan fingerprint density at radius 1 is 1.24 bits per heavy atom. The highest BCUT2D eigenvalue weighted by molar-refractivity contribution is 14.0. The highest BCUT2D eigenvalue weighted by atomic mass is 127. The number of rotatable bonds is 10. The zero-order chi connectivity index (χ0) is 19.6. The zero-order valence-electron chi connectivity index (χ0n) is 16.6. The maximum atomic E-state index is 13.2. The monoisotopic (exact) mass is 514 g/mol. The molecule has 0 aliphatic heterocycles. The molecule has 8 heteroatoms. The van der Waals surface area contributed by atoms with Gasteiger partial charge in [0.25, 0.3) is 0 Å². The van der Waals surface area contributed by atoms with E-state index >= 15 is 0 Å². The largest absolute Gasteiger partial charge is 0.439 e. The van der Waals surface area contributed by atoms with Crippen molar-refractivity contribution in [1.29, 1.82) is 0 Å². The summed E-state index contributed by atoms with van der Waals surface area (Å²) in [4.78, 5) is 8.47. The SMILES string of the molecule is CN=C(NCCCOCC1CC1)NCc1ccc(Oc2cccc(F)c2)nc1.I. The summed E-state index contributed by atoms with van der Waals surface area (Å²) in [6.45, 7) is 3.07. The molecule has 0 atom stereocenters. The first-order valence-corrected chi connectivity index (χ1v) is 9.63. The van der Waals surface area contributed by atoms with Crippen molar-refractivity contribution in [2.45, 2.75) is 25.8 Å². The Kier molecular flexibility index (Phi) is 10.1. The first-order chi connectivity index (χ1) is 13.7. The lowest BCUT2D eigenvalue weighted by atomic mass is 10.3. The first-order valence-electron chi connectivity index (χ1n) is 9.63. The zero-order valence-corrected chi connectivity index (χ0v) is 18.9. The van der Waals surface area contributed by atoms with Crippen LogP contribution < -0.4 is 15.4 Å². The smallest absolute Gasteiger partial charge is 0.219 e. The maximum absolute atomic E-state index is 13.2. The normalized spacial score (nSPS) is 13.5. The van der Waals surface area contributed by atoms with Gasteiger partial charge in [-0.15, -0.1) is 24.0 Å². The number of hydrogen-bond acceptors (Lipinski definition) is 4. The molecule has 0 spiro atoms. The Morgan fingerprint density at radius 2 is 2.10 bits per heavy atom. The highest BCUT2D eigenvalue weighted by Gasteiger charge is 2.20. The first kappa shape index (κ1) is 23.3. The van der Waals surface area contributed by atoms with Crippen LogP contribution in [0.15, 0.2) is 47.6 Å². The molecule has 1 aliphatic carbocycles. The van der Waals surface area contributed by atoms with E-state index in [0.29, 0.717) is 18.2 Å². The molecular weight excluding hydrogens is 486 g/mol. The third kappa shape index (κ3) is 8.95. The Bertz CT molecular complexity index is 770. The van der Waals surface area contributed by atoms with Gasteiger partial charge in [-0.05, 0) is 42.9 Å². The predicted molar refractivity (Wildman–Crippen MR) is 122 cm³/mol. The van der Waals surface area contributed by atoms with E-state index in [0.717, 1.165) is 43.6 Å². The summed E-state index contributed by atoms with van der Waals surface area (Å²) < 4.78 is 24.4. The lowest BCUT2D eigenvalue weighted by Crippen LogP contribution is -2.37. The van der Waals surface area contributed by atoms with Crippen LogP contribution in [0.4, 0.5) is 4.39 Å². The summed E-state index contributed by atoms with van der Waals surface area (Å²) in [6, 6.07) is 9.65. The number of ether oxygens (including phenoxy) is 2. The molecule has 1 aliphatic rings. The molecule has 2 N–H and O–H groups in total. The van der Waals surface area contributed by atoms with Crippen LogP contribution in [0.2, 0.25) is 0 Å². The fraction of sp³-hybridized carbons (Fsp3) is 0.429. The van der Waals surface area contributed by atoms with Gasteiger partial charge >= 0.3 is 0 Å². The summed E-state index contributed by atoms with van der Waals surface area (Å²) in [5.74, 6) is 2.04. The molecule has 3 rings (SSSR count). The highest BCUT2D eigenvalue weighted by Crippen LogP contribution is 2.28. The summed E-state index contributed by atoms with van der Waals surface area (Å²) >= 11 is 0. The number of halogens is 2. The number of hydrogen-bond donors (Lipinski definition) is 2. The molecule has 0 unspecified atom stereocenters. The van der Waals surface area contributed by atoms with Gasteiger partial charge in [0.1, 0.15) is 11.6 Å². The van der Waals surface area contributed by atoms with E-state index in [2.05, 4.69) is 20.6 Å². The lowest BCUT2D eigenvalue weighted by molar-refractivity contribution is 0.123. The molecule has 1 saturated carbocycles. The van der Waals surface area contributed by atoms with Gasteiger partial charge in [0.15, 0.2) is 5.96 Å². The van der Waals surface area contributed by atoms with Crippen molar-refractivity contribution in [1.82, 2.24) is 15.6 Å². The topological polar surface area (TPSA) is 67.8 Å². The molecule has 6 nitrogen and oxygen atoms in total. The van der Waals surface area contributed by atoms with Crippen molar-refractivity contribution in [2.24, 2.45) is 10.9 Å². The van der Waals surface area contributed by atoms with E-state index in [1.807, 2.05) is 6.07 Å². The Balaban J connectivity index is 0.00000300. The van der Waals surface area contributed by atoms with Crippen LogP contribution in [0, 0.1) is 11.7 Å². The van der Waals surface area contributed by atoms with Gasteiger partial charge in [-0.1, -0.05) is 12.1 Å². The summed E-state index contributed by atoms with van der Waals surface area (Å²) in [5.41, 5.74) is 0.988. The predicted octanol–water partition coefficient (Wildman–Crippen LogP) is 4.11. The Hall–Kier alpha value is -1.94. The van der Waals surface area contributed by atoms with Gasteiger partial charge in [0, 0.05) is 51.7 Å². The van der Waals surface area contributed by atoms with Crippen LogP contribution in [-0.4, -0.2) is 37.7 Å². The third-order valence-corrected chi connectivity index (χ3v) is 4.31. The van der Waals surface area contributed by atoms with Crippen LogP contribution in [0.3, 0.4) is 0 Å². The van der Waals surface area contributed by atoms with E-state index < -0.39 is 0 Å². The number of pyridine rings is 1. The summed E-state index contributed by atoms with van der Waals surface area (Å²) in [7, 11) is 1.74. The van der Waals surface area contributed by atoms with Crippen molar-refractivity contribution >= 4 is 29.9 Å². The molecule has 1 fully saturated rings. The number of benzene rings is 1. The van der Waals surface area contributed by atoms with Crippen LogP contribution in [-0.2, 0) is 11.3 Å².